The van der Waals surface area contributed by atoms with Crippen LogP contribution in [0.15, 0.2) is 54.2 Å². The van der Waals surface area contributed by atoms with Crippen LogP contribution >= 0.6 is 0 Å². The summed E-state index contributed by atoms with van der Waals surface area (Å²) >= 11 is 0. The number of methoxy groups -OCH3 is 1. The van der Waals surface area contributed by atoms with Gasteiger partial charge in [-0.15, -0.1) is 5.10 Å². The van der Waals surface area contributed by atoms with Gasteiger partial charge in [-0.05, 0) is 18.2 Å². The van der Waals surface area contributed by atoms with Gasteiger partial charge in [0.2, 0.25) is 5.75 Å². The van der Waals surface area contributed by atoms with Crippen molar-refractivity contribution in [3.63, 3.8) is 0 Å². The number of amides is 1. The van der Waals surface area contributed by atoms with Crippen molar-refractivity contribution in [3.05, 3.63) is 75.6 Å². The Morgan fingerprint density at radius 3 is 2.64 bits per heavy atom. The van der Waals surface area contributed by atoms with E-state index >= 15 is 0 Å². The Labute approximate surface area is 187 Å². The van der Waals surface area contributed by atoms with Crippen LogP contribution < -0.4 is 4.74 Å². The number of rotatable bonds is 7. The highest BCUT2D eigenvalue weighted by molar-refractivity contribution is 6.03. The molecule has 0 spiro atoms. The minimum atomic E-state index is -0.884. The standard InChI is InChI=1S/C21H18N6O6/c1-25(11-14-12-26(24-23-14)15-6-4-3-5-7-15)21(30)16(10-22)19(28)13-8-17(27(31)32)20(29)18(9-13)33-2/h3-9,12,28-29H,11H2,1-2H3/b19-16-. The maximum Gasteiger partial charge on any atom is 0.315 e. The van der Waals surface area contributed by atoms with E-state index in [9.17, 15) is 30.4 Å². The number of nitriles is 1. The van der Waals surface area contributed by atoms with Gasteiger partial charge in [-0.25, -0.2) is 4.68 Å². The molecule has 1 aromatic heterocycles. The summed E-state index contributed by atoms with van der Waals surface area (Å²) in [6.45, 7) is -0.0246. The number of hydrogen-bond donors (Lipinski definition) is 2. The molecule has 2 aromatic carbocycles. The molecule has 0 saturated heterocycles. The number of phenols is 1. The van der Waals surface area contributed by atoms with Gasteiger partial charge < -0.3 is 19.8 Å². The lowest BCUT2D eigenvalue weighted by molar-refractivity contribution is -0.386. The number of nitro groups is 1. The summed E-state index contributed by atoms with van der Waals surface area (Å²) in [6, 6.07) is 12.7. The fraction of sp³-hybridized carbons (Fsp3) is 0.143. The highest BCUT2D eigenvalue weighted by atomic mass is 16.6. The number of para-hydroxylation sites is 1. The number of hydrogen-bond acceptors (Lipinski definition) is 9. The number of nitro benzene ring substituents is 1. The molecule has 12 heteroatoms. The highest BCUT2D eigenvalue weighted by Crippen LogP contribution is 2.38. The third kappa shape index (κ3) is 4.72. The van der Waals surface area contributed by atoms with E-state index in [4.69, 9.17) is 4.74 Å². The molecule has 0 atom stereocenters. The van der Waals surface area contributed by atoms with E-state index in [2.05, 4.69) is 10.3 Å². The topological polar surface area (TPSA) is 168 Å². The van der Waals surface area contributed by atoms with Crippen molar-refractivity contribution in [1.82, 2.24) is 19.9 Å². The second-order valence-corrected chi connectivity index (χ2v) is 6.79. The van der Waals surface area contributed by atoms with E-state index in [-0.39, 0.29) is 17.9 Å². The molecule has 2 N–H and O–H groups in total. The van der Waals surface area contributed by atoms with Crippen LogP contribution in [0.4, 0.5) is 5.69 Å². The van der Waals surface area contributed by atoms with Gasteiger partial charge in [0.05, 0.1) is 30.5 Å². The maximum absolute atomic E-state index is 12.8. The van der Waals surface area contributed by atoms with Crippen molar-refractivity contribution in [1.29, 1.82) is 5.26 Å². The van der Waals surface area contributed by atoms with Gasteiger partial charge in [-0.1, -0.05) is 23.4 Å². The van der Waals surface area contributed by atoms with Crippen molar-refractivity contribution >= 4 is 17.4 Å². The summed E-state index contributed by atoms with van der Waals surface area (Å²) in [5.74, 6) is -2.70. The summed E-state index contributed by atoms with van der Waals surface area (Å²) in [5.41, 5.74) is -0.469. The lowest BCUT2D eigenvalue weighted by Gasteiger charge is -2.16. The molecule has 0 aliphatic rings. The number of ether oxygens (including phenoxy) is 1. The monoisotopic (exact) mass is 450 g/mol. The fourth-order valence-corrected chi connectivity index (χ4v) is 2.95. The lowest BCUT2D eigenvalue weighted by atomic mass is 10.1. The Hall–Kier alpha value is -4.92. The van der Waals surface area contributed by atoms with E-state index in [0.717, 1.165) is 29.8 Å². The molecule has 0 bridgehead atoms. The quantitative estimate of drug-likeness (QED) is 0.180. The second kappa shape index (κ2) is 9.48. The van der Waals surface area contributed by atoms with Gasteiger partial charge in [-0.2, -0.15) is 5.26 Å². The Morgan fingerprint density at radius 2 is 2.03 bits per heavy atom. The normalized spacial score (nSPS) is 11.3. The predicted octanol–water partition coefficient (Wildman–Crippen LogP) is 2.34. The first-order valence-corrected chi connectivity index (χ1v) is 9.38. The zero-order chi connectivity index (χ0) is 24.1. The average molecular weight is 450 g/mol. The molecule has 12 nitrogen and oxygen atoms in total. The molecule has 3 rings (SSSR count). The van der Waals surface area contributed by atoms with Crippen molar-refractivity contribution in [3.8, 4) is 23.3 Å². The van der Waals surface area contributed by atoms with Gasteiger partial charge in [0.15, 0.2) is 11.3 Å². The number of aliphatic hydroxyl groups is 1. The zero-order valence-corrected chi connectivity index (χ0v) is 17.5. The van der Waals surface area contributed by atoms with E-state index in [1.165, 1.54) is 11.7 Å². The zero-order valence-electron chi connectivity index (χ0n) is 17.5. The fourth-order valence-electron chi connectivity index (χ4n) is 2.95. The molecule has 33 heavy (non-hydrogen) atoms. The number of carbonyl (C=O) groups excluding carboxylic acids is 1. The largest absolute Gasteiger partial charge is 0.506 e. The number of carbonyl (C=O) groups is 1. The highest BCUT2D eigenvalue weighted by Gasteiger charge is 2.26. The molecule has 1 heterocycles. The van der Waals surface area contributed by atoms with Crippen LogP contribution in [-0.2, 0) is 11.3 Å². The molecular formula is C21H18N6O6. The van der Waals surface area contributed by atoms with Crippen LogP contribution in [-0.4, -0.2) is 55.1 Å². The number of phenolic OH excluding ortho intramolecular Hbond substituents is 1. The van der Waals surface area contributed by atoms with Gasteiger partial charge >= 0.3 is 5.69 Å². The van der Waals surface area contributed by atoms with Crippen LogP contribution in [0.25, 0.3) is 11.4 Å². The Bertz CT molecular complexity index is 1280. The van der Waals surface area contributed by atoms with Gasteiger partial charge in [0, 0.05) is 18.7 Å². The van der Waals surface area contributed by atoms with Gasteiger partial charge in [0.1, 0.15) is 17.5 Å². The van der Waals surface area contributed by atoms with Crippen LogP contribution in [0, 0.1) is 21.4 Å². The number of likely N-dealkylation sites (N-methyl/N-ethyl adjacent to an activating group) is 1. The minimum Gasteiger partial charge on any atom is -0.506 e. The van der Waals surface area contributed by atoms with Crippen molar-refractivity contribution in [2.45, 2.75) is 6.54 Å². The summed E-state index contributed by atoms with van der Waals surface area (Å²) in [6.07, 6.45) is 1.61. The number of aliphatic hydroxyl groups excluding tert-OH is 1. The summed E-state index contributed by atoms with van der Waals surface area (Å²) in [5, 5.41) is 49.1. The Kier molecular flexibility index (Phi) is 6.54. The van der Waals surface area contributed by atoms with Crippen molar-refractivity contribution < 1.29 is 24.7 Å². The van der Waals surface area contributed by atoms with Crippen LogP contribution in [0.2, 0.25) is 0 Å². The lowest BCUT2D eigenvalue weighted by Crippen LogP contribution is -2.28. The summed E-state index contributed by atoms with van der Waals surface area (Å²) in [4.78, 5) is 24.3. The second-order valence-electron chi connectivity index (χ2n) is 6.79. The number of benzene rings is 2. The van der Waals surface area contributed by atoms with E-state index in [0.29, 0.717) is 5.69 Å². The molecule has 0 unspecified atom stereocenters. The number of nitrogens with zero attached hydrogens (tertiary/aromatic N) is 6. The minimum absolute atomic E-state index is 0.0246. The Morgan fingerprint density at radius 1 is 1.33 bits per heavy atom. The number of aromatic nitrogens is 3. The van der Waals surface area contributed by atoms with E-state index in [1.807, 2.05) is 30.3 Å². The van der Waals surface area contributed by atoms with Gasteiger partial charge in [0.25, 0.3) is 5.91 Å². The first kappa shape index (κ1) is 22.8. The van der Waals surface area contributed by atoms with Gasteiger partial charge in [-0.3, -0.25) is 14.9 Å². The maximum atomic E-state index is 12.8. The average Bonchev–Trinajstić information content (AvgIpc) is 3.28. The smallest absolute Gasteiger partial charge is 0.315 e. The third-order valence-corrected chi connectivity index (χ3v) is 4.61. The first-order chi connectivity index (χ1) is 15.8. The molecule has 0 radical (unpaired) electrons. The Balaban J connectivity index is 1.89. The third-order valence-electron chi connectivity index (χ3n) is 4.61. The van der Waals surface area contributed by atoms with E-state index < -0.39 is 33.6 Å². The SMILES string of the molecule is COc1cc(/C(O)=C(\C#N)C(=O)N(C)Cc2cn(-c3ccccc3)nn2)cc([N+](=O)[O-])c1O. The summed E-state index contributed by atoms with van der Waals surface area (Å²) in [7, 11) is 2.56. The molecule has 1 amide bonds. The molecule has 3 aromatic rings. The summed E-state index contributed by atoms with van der Waals surface area (Å²) < 4.78 is 6.40. The van der Waals surface area contributed by atoms with Crippen molar-refractivity contribution in [2.75, 3.05) is 14.2 Å². The number of aromatic hydroxyl groups is 1. The van der Waals surface area contributed by atoms with Crippen LogP contribution in [0.3, 0.4) is 0 Å². The predicted molar refractivity (Wildman–Crippen MR) is 114 cm³/mol. The first-order valence-electron chi connectivity index (χ1n) is 9.38. The van der Waals surface area contributed by atoms with Crippen LogP contribution in [0.1, 0.15) is 11.3 Å². The molecule has 0 aliphatic heterocycles. The van der Waals surface area contributed by atoms with Crippen LogP contribution in [0.5, 0.6) is 11.5 Å². The molecule has 168 valence electrons. The molecule has 0 aliphatic carbocycles. The van der Waals surface area contributed by atoms with E-state index in [1.54, 1.807) is 12.3 Å². The molecule has 0 saturated carbocycles. The molecule has 0 fully saturated rings. The van der Waals surface area contributed by atoms with Crippen molar-refractivity contribution in [2.24, 2.45) is 0 Å². The molecular weight excluding hydrogens is 432 g/mol.